The third-order valence-corrected chi connectivity index (χ3v) is 6.01. The number of hydrogen-bond donors (Lipinski definition) is 1. The summed E-state index contributed by atoms with van der Waals surface area (Å²) in [5, 5.41) is 0. The van der Waals surface area contributed by atoms with Gasteiger partial charge in [-0.25, -0.2) is 0 Å². The van der Waals surface area contributed by atoms with E-state index in [2.05, 4.69) is 29.2 Å². The van der Waals surface area contributed by atoms with Crippen molar-refractivity contribution in [3.05, 3.63) is 29.8 Å². The van der Waals surface area contributed by atoms with E-state index < -0.39 is 0 Å². The van der Waals surface area contributed by atoms with Crippen molar-refractivity contribution in [3.63, 3.8) is 0 Å². The van der Waals surface area contributed by atoms with Crippen LogP contribution in [-0.2, 0) is 5.41 Å². The summed E-state index contributed by atoms with van der Waals surface area (Å²) < 4.78 is 0. The Morgan fingerprint density at radius 3 is 2.55 bits per heavy atom. The van der Waals surface area contributed by atoms with Crippen molar-refractivity contribution in [1.29, 1.82) is 0 Å². The molecule has 108 valence electrons. The maximum Gasteiger partial charge on any atom is 0.0314 e. The van der Waals surface area contributed by atoms with Gasteiger partial charge in [-0.15, -0.1) is 0 Å². The van der Waals surface area contributed by atoms with Crippen LogP contribution in [0.1, 0.15) is 50.5 Å². The van der Waals surface area contributed by atoms with Gasteiger partial charge in [-0.05, 0) is 62.3 Å². The predicted molar refractivity (Wildman–Crippen MR) is 83.7 cm³/mol. The van der Waals surface area contributed by atoms with Crippen LogP contribution in [0.15, 0.2) is 24.3 Å². The van der Waals surface area contributed by atoms with E-state index in [9.17, 15) is 0 Å². The van der Waals surface area contributed by atoms with Crippen LogP contribution in [0.3, 0.4) is 0 Å². The molecule has 0 radical (unpaired) electrons. The Bertz CT molecular complexity index is 475. The lowest BCUT2D eigenvalue weighted by molar-refractivity contribution is 0.169. The van der Waals surface area contributed by atoms with Crippen LogP contribution in [0.25, 0.3) is 0 Å². The van der Waals surface area contributed by atoms with Crippen molar-refractivity contribution in [2.24, 2.45) is 5.92 Å². The van der Waals surface area contributed by atoms with Crippen LogP contribution in [0.5, 0.6) is 0 Å². The van der Waals surface area contributed by atoms with Gasteiger partial charge in [0, 0.05) is 23.7 Å². The van der Waals surface area contributed by atoms with Crippen molar-refractivity contribution in [2.75, 3.05) is 18.8 Å². The van der Waals surface area contributed by atoms with E-state index in [1.807, 2.05) is 0 Å². The summed E-state index contributed by atoms with van der Waals surface area (Å²) in [6, 6.07) is 9.56. The number of nitrogens with zero attached hydrogens (tertiary/aromatic N) is 1. The Morgan fingerprint density at radius 1 is 1.05 bits per heavy atom. The molecule has 1 aromatic rings. The Balaban J connectivity index is 1.49. The lowest BCUT2D eigenvalue weighted by Gasteiger charge is -2.34. The number of anilines is 1. The van der Waals surface area contributed by atoms with Crippen LogP contribution in [0.4, 0.5) is 5.69 Å². The summed E-state index contributed by atoms with van der Waals surface area (Å²) in [7, 11) is 0. The van der Waals surface area contributed by atoms with Gasteiger partial charge in [0.25, 0.3) is 0 Å². The fourth-order valence-corrected chi connectivity index (χ4v) is 4.61. The maximum atomic E-state index is 5.83. The third kappa shape index (κ3) is 2.14. The van der Waals surface area contributed by atoms with Crippen LogP contribution in [0, 0.1) is 5.92 Å². The zero-order valence-corrected chi connectivity index (χ0v) is 12.4. The zero-order chi connectivity index (χ0) is 13.6. The second-order valence-electron chi connectivity index (χ2n) is 7.27. The molecule has 2 nitrogen and oxygen atoms in total. The minimum absolute atomic E-state index is 0.458. The van der Waals surface area contributed by atoms with Gasteiger partial charge >= 0.3 is 0 Å². The van der Waals surface area contributed by atoms with Crippen molar-refractivity contribution in [1.82, 2.24) is 4.90 Å². The Labute approximate surface area is 122 Å². The van der Waals surface area contributed by atoms with Gasteiger partial charge in [0.2, 0.25) is 0 Å². The molecule has 0 spiro atoms. The lowest BCUT2D eigenvalue weighted by atomic mass is 9.84. The first-order chi connectivity index (χ1) is 9.77. The minimum Gasteiger partial charge on any atom is -0.399 e. The van der Waals surface area contributed by atoms with Crippen LogP contribution in [0.2, 0.25) is 0 Å². The van der Waals surface area contributed by atoms with Crippen LogP contribution in [-0.4, -0.2) is 24.0 Å². The number of rotatable bonds is 3. The molecule has 2 unspecified atom stereocenters. The van der Waals surface area contributed by atoms with Gasteiger partial charge in [-0.2, -0.15) is 0 Å². The highest BCUT2D eigenvalue weighted by Gasteiger charge is 2.48. The second kappa shape index (κ2) is 4.77. The molecule has 1 heterocycles. The van der Waals surface area contributed by atoms with E-state index in [0.717, 1.165) is 17.6 Å². The molecule has 2 N–H and O–H groups in total. The van der Waals surface area contributed by atoms with Crippen LogP contribution < -0.4 is 5.73 Å². The van der Waals surface area contributed by atoms with Gasteiger partial charge in [0.1, 0.15) is 0 Å². The van der Waals surface area contributed by atoms with Crippen LogP contribution >= 0.6 is 0 Å². The summed E-state index contributed by atoms with van der Waals surface area (Å²) in [4.78, 5) is 2.83. The molecule has 0 amide bonds. The normalized spacial score (nSPS) is 32.0. The van der Waals surface area contributed by atoms with Gasteiger partial charge in [-0.1, -0.05) is 25.0 Å². The Hall–Kier alpha value is -1.02. The summed E-state index contributed by atoms with van der Waals surface area (Å²) in [5.41, 5.74) is 8.70. The zero-order valence-electron chi connectivity index (χ0n) is 12.4. The number of nitrogen functional groups attached to an aromatic ring is 1. The van der Waals surface area contributed by atoms with E-state index in [4.69, 9.17) is 5.73 Å². The molecule has 4 rings (SSSR count). The molecule has 1 saturated heterocycles. The summed E-state index contributed by atoms with van der Waals surface area (Å²) in [6.07, 6.45) is 10.0. The summed E-state index contributed by atoms with van der Waals surface area (Å²) >= 11 is 0. The molecule has 20 heavy (non-hydrogen) atoms. The molecule has 2 atom stereocenters. The maximum absolute atomic E-state index is 5.83. The number of benzene rings is 1. The van der Waals surface area contributed by atoms with Crippen molar-refractivity contribution < 1.29 is 0 Å². The van der Waals surface area contributed by atoms with Crippen molar-refractivity contribution >= 4 is 5.69 Å². The van der Waals surface area contributed by atoms with Gasteiger partial charge < -0.3 is 5.73 Å². The first-order valence-corrected chi connectivity index (χ1v) is 8.37. The number of nitrogens with two attached hydrogens (primary N) is 1. The SMILES string of the molecule is Nc1ccc(C2(CN3CCC4CCCCC43)CC2)cc1. The highest BCUT2D eigenvalue weighted by molar-refractivity contribution is 5.43. The first-order valence-electron chi connectivity index (χ1n) is 8.37. The molecule has 3 aliphatic rings. The Morgan fingerprint density at radius 2 is 1.80 bits per heavy atom. The average Bonchev–Trinajstić information content (AvgIpc) is 3.15. The topological polar surface area (TPSA) is 29.3 Å². The fourth-order valence-electron chi connectivity index (χ4n) is 4.61. The molecule has 1 aromatic carbocycles. The van der Waals surface area contributed by atoms with Crippen molar-refractivity contribution in [3.8, 4) is 0 Å². The first kappa shape index (κ1) is 12.7. The molecule has 0 aromatic heterocycles. The van der Waals surface area contributed by atoms with Gasteiger partial charge in [-0.3, -0.25) is 4.90 Å². The number of fused-ring (bicyclic) bond motifs is 1. The standard InChI is InChI=1S/C18H26N2/c19-16-7-5-15(6-8-16)18(10-11-18)13-20-12-9-14-3-1-2-4-17(14)20/h5-8,14,17H,1-4,9-13,19H2. The van der Waals surface area contributed by atoms with E-state index in [-0.39, 0.29) is 0 Å². The van der Waals surface area contributed by atoms with Gasteiger partial charge in [0.05, 0.1) is 0 Å². The second-order valence-corrected chi connectivity index (χ2v) is 7.27. The molecule has 0 bridgehead atoms. The summed E-state index contributed by atoms with van der Waals surface area (Å²) in [5.74, 6) is 1.01. The van der Waals surface area contributed by atoms with Gasteiger partial charge in [0.15, 0.2) is 0 Å². The van der Waals surface area contributed by atoms with E-state index >= 15 is 0 Å². The van der Waals surface area contributed by atoms with E-state index in [1.165, 1.54) is 63.6 Å². The minimum atomic E-state index is 0.458. The smallest absolute Gasteiger partial charge is 0.0314 e. The number of likely N-dealkylation sites (tertiary alicyclic amines) is 1. The predicted octanol–water partition coefficient (Wildman–Crippen LogP) is 3.56. The molecule has 2 heteroatoms. The largest absolute Gasteiger partial charge is 0.399 e. The molecule has 2 aliphatic carbocycles. The van der Waals surface area contributed by atoms with E-state index in [1.54, 1.807) is 0 Å². The van der Waals surface area contributed by atoms with E-state index in [0.29, 0.717) is 5.41 Å². The third-order valence-electron chi connectivity index (χ3n) is 6.01. The number of hydrogen-bond acceptors (Lipinski definition) is 2. The van der Waals surface area contributed by atoms with Crippen molar-refractivity contribution in [2.45, 2.75) is 56.4 Å². The molecule has 3 fully saturated rings. The summed E-state index contributed by atoms with van der Waals surface area (Å²) in [6.45, 7) is 2.63. The highest BCUT2D eigenvalue weighted by atomic mass is 15.2. The Kier molecular flexibility index (Phi) is 3.03. The molecule has 1 aliphatic heterocycles. The highest BCUT2D eigenvalue weighted by Crippen LogP contribution is 2.50. The molecular weight excluding hydrogens is 244 g/mol. The monoisotopic (exact) mass is 270 g/mol. The fraction of sp³-hybridized carbons (Fsp3) is 0.667. The average molecular weight is 270 g/mol. The quantitative estimate of drug-likeness (QED) is 0.851. The molecular formula is C18H26N2. The molecule has 2 saturated carbocycles. The lowest BCUT2D eigenvalue weighted by Crippen LogP contribution is -2.39.